The van der Waals surface area contributed by atoms with Gasteiger partial charge in [-0.1, -0.05) is 0 Å². The van der Waals surface area contributed by atoms with Crippen LogP contribution in [0.1, 0.15) is 13.3 Å². The lowest BCUT2D eigenvalue weighted by Gasteiger charge is -2.00. The highest BCUT2D eigenvalue weighted by atomic mass is 16.6. The molecule has 0 aliphatic rings. The fourth-order valence-corrected chi connectivity index (χ4v) is 0.452. The Morgan fingerprint density at radius 2 is 1.92 bits per heavy atom. The van der Waals surface area contributed by atoms with Crippen LogP contribution in [0.4, 0.5) is 0 Å². The Bertz CT molecular complexity index is 202. The molecule has 0 rings (SSSR count). The van der Waals surface area contributed by atoms with Crippen LogP contribution < -0.4 is 0 Å². The van der Waals surface area contributed by atoms with Crippen molar-refractivity contribution >= 4 is 11.9 Å². The predicted octanol–water partition coefficient (Wildman–Crippen LogP) is 0.116. The summed E-state index contributed by atoms with van der Waals surface area (Å²) in [6.07, 6.45) is 5.19. The summed E-state index contributed by atoms with van der Waals surface area (Å²) in [5.74, 6) is 0.294. The monoisotopic (exact) mass is 170 g/mol. The number of carbonyl (C=O) groups excluding carboxylic acids is 2. The van der Waals surface area contributed by atoms with Crippen LogP contribution in [0.5, 0.6) is 0 Å². The molecule has 4 nitrogen and oxygen atoms in total. The van der Waals surface area contributed by atoms with Gasteiger partial charge in [-0.2, -0.15) is 0 Å². The Morgan fingerprint density at radius 3 is 2.42 bits per heavy atom. The third-order valence-electron chi connectivity index (χ3n) is 0.922. The van der Waals surface area contributed by atoms with Gasteiger partial charge in [-0.05, 0) is 6.92 Å². The van der Waals surface area contributed by atoms with Crippen LogP contribution in [-0.2, 0) is 19.1 Å². The van der Waals surface area contributed by atoms with E-state index in [0.29, 0.717) is 6.42 Å². The molecule has 0 aromatic heterocycles. The molecule has 0 aliphatic carbocycles. The summed E-state index contributed by atoms with van der Waals surface area (Å²) in [4.78, 5) is 21.2. The first-order chi connectivity index (χ1) is 5.72. The molecule has 0 aromatic carbocycles. The van der Waals surface area contributed by atoms with Gasteiger partial charge in [-0.3, -0.25) is 0 Å². The maximum atomic E-state index is 10.6. The predicted molar refractivity (Wildman–Crippen MR) is 41.0 cm³/mol. The Morgan fingerprint density at radius 1 is 1.33 bits per heavy atom. The minimum atomic E-state index is -0.993. The smallest absolute Gasteiger partial charge is 0.417 e. The zero-order chi connectivity index (χ0) is 9.40. The lowest BCUT2D eigenvalue weighted by atomic mass is 10.5. The van der Waals surface area contributed by atoms with Gasteiger partial charge in [0, 0.05) is 6.42 Å². The van der Waals surface area contributed by atoms with Gasteiger partial charge >= 0.3 is 11.9 Å². The van der Waals surface area contributed by atoms with Crippen LogP contribution in [0.25, 0.3) is 0 Å². The summed E-state index contributed by atoms with van der Waals surface area (Å²) in [7, 11) is 0. The molecule has 12 heavy (non-hydrogen) atoms. The van der Waals surface area contributed by atoms with Crippen molar-refractivity contribution in [3.63, 3.8) is 0 Å². The van der Waals surface area contributed by atoms with Crippen molar-refractivity contribution in [1.82, 2.24) is 0 Å². The molecule has 0 N–H and O–H groups in total. The van der Waals surface area contributed by atoms with Gasteiger partial charge in [0.05, 0.1) is 6.61 Å². The van der Waals surface area contributed by atoms with Gasteiger partial charge in [0.1, 0.15) is 6.61 Å². The van der Waals surface area contributed by atoms with Crippen molar-refractivity contribution in [3.05, 3.63) is 0 Å². The molecular weight excluding hydrogens is 160 g/mol. The van der Waals surface area contributed by atoms with E-state index < -0.39 is 11.9 Å². The molecular formula is C8H10O4. The van der Waals surface area contributed by atoms with Crippen molar-refractivity contribution in [1.29, 1.82) is 0 Å². The van der Waals surface area contributed by atoms with Crippen LogP contribution in [-0.4, -0.2) is 25.2 Å². The van der Waals surface area contributed by atoms with Crippen molar-refractivity contribution in [3.8, 4) is 12.3 Å². The van der Waals surface area contributed by atoms with Crippen LogP contribution in [0.3, 0.4) is 0 Å². The quantitative estimate of drug-likeness (QED) is 0.261. The number of terminal acetylenes is 1. The summed E-state index contributed by atoms with van der Waals surface area (Å²) in [5.41, 5.74) is 0. The van der Waals surface area contributed by atoms with Crippen molar-refractivity contribution in [2.45, 2.75) is 13.3 Å². The van der Waals surface area contributed by atoms with E-state index in [2.05, 4.69) is 15.4 Å². The van der Waals surface area contributed by atoms with E-state index in [-0.39, 0.29) is 13.2 Å². The molecule has 0 bridgehead atoms. The zero-order valence-electron chi connectivity index (χ0n) is 6.83. The largest absolute Gasteiger partial charge is 0.458 e. The minimum Gasteiger partial charge on any atom is -0.458 e. The average molecular weight is 170 g/mol. The number of carbonyl (C=O) groups is 2. The Hall–Kier alpha value is -1.50. The number of hydrogen-bond donors (Lipinski definition) is 0. The molecule has 0 unspecified atom stereocenters. The molecule has 0 aromatic rings. The minimum absolute atomic E-state index is 0.0497. The topological polar surface area (TPSA) is 52.6 Å². The molecule has 0 heterocycles. The SMILES string of the molecule is C#CCCOC(=O)C(=O)OCC. The van der Waals surface area contributed by atoms with Crippen molar-refractivity contribution in [2.75, 3.05) is 13.2 Å². The number of ether oxygens (including phenoxy) is 2. The fraction of sp³-hybridized carbons (Fsp3) is 0.500. The Balaban J connectivity index is 3.59. The van der Waals surface area contributed by atoms with E-state index in [1.807, 2.05) is 0 Å². The normalized spacial score (nSPS) is 8.33. The first-order valence-electron chi connectivity index (χ1n) is 3.49. The number of esters is 2. The van der Waals surface area contributed by atoms with Crippen LogP contribution in [0, 0.1) is 12.3 Å². The summed E-state index contributed by atoms with van der Waals surface area (Å²) in [6, 6.07) is 0. The third kappa shape index (κ3) is 4.34. The second-order valence-corrected chi connectivity index (χ2v) is 1.81. The van der Waals surface area contributed by atoms with E-state index in [1.165, 1.54) is 0 Å². The molecule has 0 saturated carbocycles. The molecule has 4 heteroatoms. The molecule has 66 valence electrons. The highest BCUT2D eigenvalue weighted by Crippen LogP contribution is 1.86. The maximum absolute atomic E-state index is 10.6. The van der Waals surface area contributed by atoms with Gasteiger partial charge in [0.2, 0.25) is 0 Å². The summed E-state index contributed by atoms with van der Waals surface area (Å²) in [6.45, 7) is 1.81. The molecule has 0 aliphatic heterocycles. The van der Waals surface area contributed by atoms with Gasteiger partial charge in [-0.15, -0.1) is 12.3 Å². The van der Waals surface area contributed by atoms with Gasteiger partial charge in [0.25, 0.3) is 0 Å². The summed E-state index contributed by atoms with van der Waals surface area (Å²) < 4.78 is 8.81. The standard InChI is InChI=1S/C8H10O4/c1-3-5-6-12-8(10)7(9)11-4-2/h1H,4-6H2,2H3. The lowest BCUT2D eigenvalue weighted by molar-refractivity contribution is -0.167. The fourth-order valence-electron chi connectivity index (χ4n) is 0.452. The highest BCUT2D eigenvalue weighted by molar-refractivity contribution is 6.29. The second kappa shape index (κ2) is 6.23. The lowest BCUT2D eigenvalue weighted by Crippen LogP contribution is -2.20. The van der Waals surface area contributed by atoms with E-state index in [0.717, 1.165) is 0 Å². The third-order valence-corrected chi connectivity index (χ3v) is 0.922. The number of rotatable bonds is 3. The molecule has 0 spiro atoms. The van der Waals surface area contributed by atoms with E-state index in [9.17, 15) is 9.59 Å². The summed E-state index contributed by atoms with van der Waals surface area (Å²) in [5, 5.41) is 0. The average Bonchev–Trinajstić information content (AvgIpc) is 2.05. The molecule has 0 radical (unpaired) electrons. The molecule has 0 amide bonds. The van der Waals surface area contributed by atoms with E-state index in [1.54, 1.807) is 6.92 Å². The van der Waals surface area contributed by atoms with Crippen LogP contribution >= 0.6 is 0 Å². The number of hydrogen-bond acceptors (Lipinski definition) is 4. The van der Waals surface area contributed by atoms with E-state index in [4.69, 9.17) is 6.42 Å². The summed E-state index contributed by atoms with van der Waals surface area (Å²) >= 11 is 0. The van der Waals surface area contributed by atoms with Gasteiger partial charge < -0.3 is 9.47 Å². The van der Waals surface area contributed by atoms with Gasteiger partial charge in [0.15, 0.2) is 0 Å². The first kappa shape index (κ1) is 10.5. The highest BCUT2D eigenvalue weighted by Gasteiger charge is 2.15. The molecule has 0 atom stereocenters. The van der Waals surface area contributed by atoms with E-state index >= 15 is 0 Å². The Kier molecular flexibility index (Phi) is 5.45. The second-order valence-electron chi connectivity index (χ2n) is 1.81. The van der Waals surface area contributed by atoms with Gasteiger partial charge in [-0.25, -0.2) is 9.59 Å². The molecule has 0 fully saturated rings. The maximum Gasteiger partial charge on any atom is 0.417 e. The van der Waals surface area contributed by atoms with Crippen LogP contribution in [0.15, 0.2) is 0 Å². The van der Waals surface area contributed by atoms with Crippen molar-refractivity contribution < 1.29 is 19.1 Å². The first-order valence-corrected chi connectivity index (χ1v) is 3.49. The van der Waals surface area contributed by atoms with Crippen LogP contribution in [0.2, 0.25) is 0 Å². The Labute approximate surface area is 70.8 Å². The zero-order valence-corrected chi connectivity index (χ0v) is 6.83. The van der Waals surface area contributed by atoms with Crippen molar-refractivity contribution in [2.24, 2.45) is 0 Å². The molecule has 0 saturated heterocycles.